The van der Waals surface area contributed by atoms with Gasteiger partial charge < -0.3 is 15.3 Å². The molecule has 0 saturated heterocycles. The van der Waals surface area contributed by atoms with Crippen molar-refractivity contribution in [3.8, 4) is 0 Å². The third-order valence-electron chi connectivity index (χ3n) is 2.45. The second-order valence-electron chi connectivity index (χ2n) is 7.09. The summed E-state index contributed by atoms with van der Waals surface area (Å²) in [7, 11) is 0. The average Bonchev–Trinajstić information content (AvgIpc) is 1.98. The van der Waals surface area contributed by atoms with E-state index in [1.807, 2.05) is 41.5 Å². The molecule has 0 saturated carbocycles. The van der Waals surface area contributed by atoms with E-state index in [4.69, 9.17) is 5.11 Å². The number of hydrogen-bond donors (Lipinski definition) is 3. The van der Waals surface area contributed by atoms with Crippen LogP contribution in [-0.4, -0.2) is 33.6 Å². The van der Waals surface area contributed by atoms with Gasteiger partial charge in [0.2, 0.25) is 0 Å². The van der Waals surface area contributed by atoms with Crippen molar-refractivity contribution in [1.82, 2.24) is 0 Å². The summed E-state index contributed by atoms with van der Waals surface area (Å²) in [6, 6.07) is 0. The van der Waals surface area contributed by atoms with Gasteiger partial charge in [-0.3, -0.25) is 0 Å². The maximum absolute atomic E-state index is 9.76. The molecule has 4 heteroatoms. The van der Waals surface area contributed by atoms with E-state index in [1.54, 1.807) is 13.8 Å². The first kappa shape index (κ1) is 23.8. The van der Waals surface area contributed by atoms with Crippen LogP contribution in [0.4, 0.5) is 0 Å². The molecule has 2 atom stereocenters. The second kappa shape index (κ2) is 9.63. The Morgan fingerprint density at radius 1 is 0.722 bits per heavy atom. The summed E-state index contributed by atoms with van der Waals surface area (Å²) in [5, 5.41) is 27.6. The average molecular weight is 340 g/mol. The summed E-state index contributed by atoms with van der Waals surface area (Å²) in [6.45, 7) is 15.3. The molecule has 0 aliphatic heterocycles. The number of aliphatic hydroxyl groups is 3. The van der Waals surface area contributed by atoms with Gasteiger partial charge >= 0.3 is 0 Å². The van der Waals surface area contributed by atoms with Crippen molar-refractivity contribution >= 4 is 0 Å². The standard InChI is InChI=1S/C11H24O2.C3H8O.Zr/c1-10(2,3)8(12)7-9(13)11(4,5)6;1-3(2)4;/h8-9,12-13H,7H2,1-6H3;3-4H,1-2H3;. The molecular weight excluding hydrogens is 307 g/mol. The molecule has 18 heavy (non-hydrogen) atoms. The molecular formula is C14H32O3Zr. The third kappa shape index (κ3) is 14.8. The second-order valence-corrected chi connectivity index (χ2v) is 7.09. The largest absolute Gasteiger partial charge is 0.394 e. The van der Waals surface area contributed by atoms with E-state index >= 15 is 0 Å². The van der Waals surface area contributed by atoms with E-state index in [1.165, 1.54) is 0 Å². The van der Waals surface area contributed by atoms with Crippen LogP contribution in [0.3, 0.4) is 0 Å². The Labute approximate surface area is 132 Å². The molecule has 3 N–H and O–H groups in total. The summed E-state index contributed by atoms with van der Waals surface area (Å²) < 4.78 is 0. The van der Waals surface area contributed by atoms with Crippen LogP contribution in [-0.2, 0) is 26.2 Å². The molecule has 0 heterocycles. The Balaban J connectivity index is -0.000000392. The summed E-state index contributed by atoms with van der Waals surface area (Å²) in [5.74, 6) is 0. The minimum absolute atomic E-state index is 0. The topological polar surface area (TPSA) is 60.7 Å². The van der Waals surface area contributed by atoms with Crippen LogP contribution in [0.2, 0.25) is 0 Å². The molecule has 0 amide bonds. The first-order chi connectivity index (χ1) is 7.28. The zero-order valence-corrected chi connectivity index (χ0v) is 15.7. The number of aliphatic hydroxyl groups excluding tert-OH is 3. The van der Waals surface area contributed by atoms with Crippen LogP contribution >= 0.6 is 0 Å². The van der Waals surface area contributed by atoms with Crippen LogP contribution in [0.5, 0.6) is 0 Å². The molecule has 0 fully saturated rings. The van der Waals surface area contributed by atoms with E-state index in [9.17, 15) is 10.2 Å². The summed E-state index contributed by atoms with van der Waals surface area (Å²) in [6.07, 6.45) is -0.601. The zero-order valence-electron chi connectivity index (χ0n) is 13.3. The van der Waals surface area contributed by atoms with Gasteiger partial charge in [-0.05, 0) is 24.7 Å². The smallest absolute Gasteiger partial charge is 0.0613 e. The van der Waals surface area contributed by atoms with E-state index in [0.29, 0.717) is 6.42 Å². The minimum atomic E-state index is -0.443. The molecule has 0 aromatic carbocycles. The van der Waals surface area contributed by atoms with Gasteiger partial charge in [-0.25, -0.2) is 0 Å². The molecule has 0 spiro atoms. The van der Waals surface area contributed by atoms with Gasteiger partial charge in [0, 0.05) is 38.7 Å². The molecule has 110 valence electrons. The summed E-state index contributed by atoms with van der Waals surface area (Å²) >= 11 is 0. The van der Waals surface area contributed by atoms with Gasteiger partial charge in [0.05, 0.1) is 12.2 Å². The van der Waals surface area contributed by atoms with Crippen molar-refractivity contribution in [1.29, 1.82) is 0 Å². The molecule has 0 aromatic rings. The van der Waals surface area contributed by atoms with Crippen molar-refractivity contribution in [2.75, 3.05) is 0 Å². The van der Waals surface area contributed by atoms with Crippen molar-refractivity contribution in [2.45, 2.75) is 80.1 Å². The van der Waals surface area contributed by atoms with E-state index in [-0.39, 0.29) is 43.1 Å². The normalized spacial score (nSPS) is 15.3. The molecule has 0 aliphatic rings. The van der Waals surface area contributed by atoms with E-state index in [2.05, 4.69) is 0 Å². The number of hydrogen-bond acceptors (Lipinski definition) is 3. The van der Waals surface area contributed by atoms with Crippen LogP contribution in [0.1, 0.15) is 61.8 Å². The van der Waals surface area contributed by atoms with Crippen LogP contribution in [0.15, 0.2) is 0 Å². The fourth-order valence-corrected chi connectivity index (χ4v) is 0.919. The molecule has 0 bridgehead atoms. The molecule has 3 nitrogen and oxygen atoms in total. The van der Waals surface area contributed by atoms with Crippen molar-refractivity contribution in [3.05, 3.63) is 0 Å². The van der Waals surface area contributed by atoms with Crippen LogP contribution in [0.25, 0.3) is 0 Å². The van der Waals surface area contributed by atoms with E-state index < -0.39 is 12.2 Å². The molecule has 0 aromatic heterocycles. The quantitative estimate of drug-likeness (QED) is 0.724. The monoisotopic (exact) mass is 338 g/mol. The molecule has 0 radical (unpaired) electrons. The minimum Gasteiger partial charge on any atom is -0.394 e. The van der Waals surface area contributed by atoms with Gasteiger partial charge in [-0.2, -0.15) is 0 Å². The fourth-order valence-electron chi connectivity index (χ4n) is 0.919. The third-order valence-corrected chi connectivity index (χ3v) is 2.45. The van der Waals surface area contributed by atoms with Crippen LogP contribution in [0, 0.1) is 10.8 Å². The van der Waals surface area contributed by atoms with Crippen LogP contribution < -0.4 is 0 Å². The zero-order chi connectivity index (χ0) is 14.4. The first-order valence-corrected chi connectivity index (χ1v) is 6.32. The first-order valence-electron chi connectivity index (χ1n) is 6.32. The Morgan fingerprint density at radius 2 is 0.889 bits per heavy atom. The predicted octanol–water partition coefficient (Wildman–Crippen LogP) is 2.58. The Morgan fingerprint density at radius 3 is 1.00 bits per heavy atom. The Hall–Kier alpha value is 0.763. The summed E-state index contributed by atoms with van der Waals surface area (Å²) in [4.78, 5) is 0. The fraction of sp³-hybridized carbons (Fsp3) is 1.00. The molecule has 0 rings (SSSR count). The van der Waals surface area contributed by atoms with Gasteiger partial charge in [0.25, 0.3) is 0 Å². The molecule has 2 unspecified atom stereocenters. The van der Waals surface area contributed by atoms with Gasteiger partial charge in [0.1, 0.15) is 0 Å². The van der Waals surface area contributed by atoms with E-state index in [0.717, 1.165) is 0 Å². The van der Waals surface area contributed by atoms with Gasteiger partial charge in [-0.1, -0.05) is 41.5 Å². The Bertz CT molecular complexity index is 171. The van der Waals surface area contributed by atoms with Gasteiger partial charge in [-0.15, -0.1) is 0 Å². The van der Waals surface area contributed by atoms with Crippen molar-refractivity contribution < 1.29 is 41.5 Å². The molecule has 0 aliphatic carbocycles. The van der Waals surface area contributed by atoms with Crippen molar-refractivity contribution in [2.24, 2.45) is 10.8 Å². The predicted molar refractivity (Wildman–Crippen MR) is 72.9 cm³/mol. The summed E-state index contributed by atoms with van der Waals surface area (Å²) in [5.41, 5.74) is -0.293. The maximum atomic E-state index is 9.76. The van der Waals surface area contributed by atoms with Gasteiger partial charge in [0.15, 0.2) is 0 Å². The van der Waals surface area contributed by atoms with Crippen molar-refractivity contribution in [3.63, 3.8) is 0 Å². The maximum Gasteiger partial charge on any atom is 0.0613 e. The number of rotatable bonds is 2. The Kier molecular flexibility index (Phi) is 12.8. The SMILES string of the molecule is CC(C)(C)C(O)CC(O)C(C)(C)C.CC(C)O.[Zr].